The van der Waals surface area contributed by atoms with E-state index in [1.165, 1.54) is 0 Å². The molecule has 2 aromatic rings. The van der Waals surface area contributed by atoms with Crippen LogP contribution in [0, 0.1) is 13.8 Å². The lowest BCUT2D eigenvalue weighted by Crippen LogP contribution is -2.08. The average molecular weight is 297 g/mol. The fourth-order valence-corrected chi connectivity index (χ4v) is 1.83. The molecule has 0 aliphatic carbocycles. The summed E-state index contributed by atoms with van der Waals surface area (Å²) in [6.07, 6.45) is 1.71. The molecule has 0 bridgehead atoms. The van der Waals surface area contributed by atoms with Crippen molar-refractivity contribution in [3.05, 3.63) is 22.3 Å². The first-order valence-electron chi connectivity index (χ1n) is 5.29. The zero-order valence-electron chi connectivity index (χ0n) is 9.90. The number of aromatic nitrogens is 5. The highest BCUT2D eigenvalue weighted by molar-refractivity contribution is 9.10. The molecule has 0 saturated heterocycles. The molecule has 90 valence electrons. The van der Waals surface area contributed by atoms with Crippen LogP contribution in [0.2, 0.25) is 0 Å². The Morgan fingerprint density at radius 1 is 1.35 bits per heavy atom. The number of nitrogens with zero attached hydrogens (tertiary/aromatic N) is 5. The lowest BCUT2D eigenvalue weighted by molar-refractivity contribution is 0.793. The van der Waals surface area contributed by atoms with Gasteiger partial charge < -0.3 is 5.32 Å². The van der Waals surface area contributed by atoms with Crippen molar-refractivity contribution < 1.29 is 0 Å². The summed E-state index contributed by atoms with van der Waals surface area (Å²) in [5, 5.41) is 7.37. The van der Waals surface area contributed by atoms with Gasteiger partial charge in [0.2, 0.25) is 5.95 Å². The third-order valence-electron chi connectivity index (χ3n) is 2.14. The maximum absolute atomic E-state index is 4.40. The van der Waals surface area contributed by atoms with Crippen molar-refractivity contribution in [2.75, 3.05) is 11.9 Å². The maximum Gasteiger partial charge on any atom is 0.224 e. The lowest BCUT2D eigenvalue weighted by Gasteiger charge is -2.07. The van der Waals surface area contributed by atoms with Gasteiger partial charge in [-0.3, -0.25) is 0 Å². The fourth-order valence-electron chi connectivity index (χ4n) is 1.47. The number of rotatable bonds is 3. The minimum atomic E-state index is 0.582. The molecular weight excluding hydrogens is 284 g/mol. The summed E-state index contributed by atoms with van der Waals surface area (Å²) >= 11 is 3.42. The molecular formula is C10H13BrN6. The molecule has 0 unspecified atom stereocenters. The minimum Gasteiger partial charge on any atom is -0.354 e. The second-order valence-electron chi connectivity index (χ2n) is 3.51. The molecule has 0 aliphatic heterocycles. The van der Waals surface area contributed by atoms with E-state index in [0.717, 1.165) is 22.7 Å². The molecule has 0 aromatic carbocycles. The quantitative estimate of drug-likeness (QED) is 0.936. The van der Waals surface area contributed by atoms with Crippen molar-refractivity contribution in [3.63, 3.8) is 0 Å². The molecule has 0 aliphatic rings. The second-order valence-corrected chi connectivity index (χ2v) is 4.37. The number of aryl methyl sites for hydroxylation is 2. The molecule has 0 radical (unpaired) electrons. The molecule has 0 fully saturated rings. The van der Waals surface area contributed by atoms with Gasteiger partial charge in [-0.15, -0.1) is 5.10 Å². The summed E-state index contributed by atoms with van der Waals surface area (Å²) in [7, 11) is 0. The number of halogens is 1. The summed E-state index contributed by atoms with van der Waals surface area (Å²) in [5.41, 5.74) is 0. The highest BCUT2D eigenvalue weighted by atomic mass is 79.9. The summed E-state index contributed by atoms with van der Waals surface area (Å²) in [5.74, 6) is 2.79. The summed E-state index contributed by atoms with van der Waals surface area (Å²) in [4.78, 5) is 12.8. The zero-order valence-corrected chi connectivity index (χ0v) is 11.5. The topological polar surface area (TPSA) is 68.5 Å². The van der Waals surface area contributed by atoms with Gasteiger partial charge in [-0.25, -0.2) is 9.97 Å². The third-order valence-corrected chi connectivity index (χ3v) is 2.70. The van der Waals surface area contributed by atoms with Crippen LogP contribution in [0.3, 0.4) is 0 Å². The summed E-state index contributed by atoms with van der Waals surface area (Å²) < 4.78 is 2.48. The maximum atomic E-state index is 4.40. The van der Waals surface area contributed by atoms with E-state index in [9.17, 15) is 0 Å². The van der Waals surface area contributed by atoms with Gasteiger partial charge in [0.15, 0.2) is 5.82 Å². The van der Waals surface area contributed by atoms with E-state index in [4.69, 9.17) is 0 Å². The van der Waals surface area contributed by atoms with Gasteiger partial charge >= 0.3 is 0 Å². The summed E-state index contributed by atoms with van der Waals surface area (Å²) in [6, 6.07) is 0. The Labute approximate surface area is 108 Å². The molecule has 7 heteroatoms. The Kier molecular flexibility index (Phi) is 3.37. The van der Waals surface area contributed by atoms with Crippen molar-refractivity contribution in [1.82, 2.24) is 24.7 Å². The first kappa shape index (κ1) is 12.0. The number of nitrogens with one attached hydrogen (secondary N) is 1. The minimum absolute atomic E-state index is 0.582. The predicted molar refractivity (Wildman–Crippen MR) is 68.3 cm³/mol. The normalized spacial score (nSPS) is 10.6. The van der Waals surface area contributed by atoms with Crippen LogP contribution in [-0.4, -0.2) is 31.3 Å². The zero-order chi connectivity index (χ0) is 12.4. The molecule has 6 nitrogen and oxygen atoms in total. The van der Waals surface area contributed by atoms with Gasteiger partial charge in [0.05, 0.1) is 4.47 Å². The van der Waals surface area contributed by atoms with Gasteiger partial charge in [-0.05, 0) is 36.7 Å². The van der Waals surface area contributed by atoms with E-state index in [2.05, 4.69) is 41.3 Å². The van der Waals surface area contributed by atoms with Crippen molar-refractivity contribution in [2.24, 2.45) is 0 Å². The monoisotopic (exact) mass is 296 g/mol. The SMILES string of the molecule is CCNc1ncc(Br)c(-n2nc(C)nc2C)n1. The molecule has 0 saturated carbocycles. The highest BCUT2D eigenvalue weighted by Crippen LogP contribution is 2.19. The number of hydrogen-bond acceptors (Lipinski definition) is 5. The van der Waals surface area contributed by atoms with Crippen LogP contribution in [-0.2, 0) is 0 Å². The Balaban J connectivity index is 2.50. The van der Waals surface area contributed by atoms with Gasteiger partial charge in [-0.1, -0.05) is 0 Å². The first-order valence-corrected chi connectivity index (χ1v) is 6.08. The van der Waals surface area contributed by atoms with Crippen molar-refractivity contribution in [2.45, 2.75) is 20.8 Å². The van der Waals surface area contributed by atoms with E-state index in [1.54, 1.807) is 10.9 Å². The number of anilines is 1. The molecule has 0 atom stereocenters. The van der Waals surface area contributed by atoms with Crippen LogP contribution in [0.5, 0.6) is 0 Å². The van der Waals surface area contributed by atoms with Crippen LogP contribution >= 0.6 is 15.9 Å². The first-order chi connectivity index (χ1) is 8.11. The summed E-state index contributed by atoms with van der Waals surface area (Å²) in [6.45, 7) is 6.51. The second kappa shape index (κ2) is 4.79. The standard InChI is InChI=1S/C10H13BrN6/c1-4-12-10-13-5-8(11)9(15-10)17-7(3)14-6(2)16-17/h5H,4H2,1-3H3,(H,12,13,15). The molecule has 1 N–H and O–H groups in total. The van der Waals surface area contributed by atoms with Crippen LogP contribution in [0.15, 0.2) is 10.7 Å². The van der Waals surface area contributed by atoms with Gasteiger partial charge in [0.1, 0.15) is 11.6 Å². The predicted octanol–water partition coefficient (Wildman–Crippen LogP) is 1.87. The average Bonchev–Trinajstić information content (AvgIpc) is 2.61. The molecule has 2 heterocycles. The van der Waals surface area contributed by atoms with Gasteiger partial charge in [0.25, 0.3) is 0 Å². The van der Waals surface area contributed by atoms with Crippen LogP contribution in [0.25, 0.3) is 5.82 Å². The Hall–Kier alpha value is -1.50. The van der Waals surface area contributed by atoms with E-state index in [-0.39, 0.29) is 0 Å². The smallest absolute Gasteiger partial charge is 0.224 e. The van der Waals surface area contributed by atoms with Crippen molar-refractivity contribution in [3.8, 4) is 5.82 Å². The highest BCUT2D eigenvalue weighted by Gasteiger charge is 2.11. The van der Waals surface area contributed by atoms with E-state index in [0.29, 0.717) is 11.8 Å². The Morgan fingerprint density at radius 3 is 2.71 bits per heavy atom. The Morgan fingerprint density at radius 2 is 2.12 bits per heavy atom. The van der Waals surface area contributed by atoms with Gasteiger partial charge in [-0.2, -0.15) is 9.67 Å². The van der Waals surface area contributed by atoms with Gasteiger partial charge in [0, 0.05) is 12.7 Å². The number of hydrogen-bond donors (Lipinski definition) is 1. The molecule has 2 rings (SSSR count). The van der Waals surface area contributed by atoms with Crippen molar-refractivity contribution in [1.29, 1.82) is 0 Å². The van der Waals surface area contributed by atoms with E-state index < -0.39 is 0 Å². The van der Waals surface area contributed by atoms with Crippen molar-refractivity contribution >= 4 is 21.9 Å². The van der Waals surface area contributed by atoms with Crippen LogP contribution in [0.4, 0.5) is 5.95 Å². The molecule has 0 spiro atoms. The van der Waals surface area contributed by atoms with Crippen LogP contribution in [0.1, 0.15) is 18.6 Å². The van der Waals surface area contributed by atoms with E-state index >= 15 is 0 Å². The van der Waals surface area contributed by atoms with Crippen LogP contribution < -0.4 is 5.32 Å². The molecule has 0 amide bonds. The molecule has 17 heavy (non-hydrogen) atoms. The molecule has 2 aromatic heterocycles. The fraction of sp³-hybridized carbons (Fsp3) is 0.400. The van der Waals surface area contributed by atoms with E-state index in [1.807, 2.05) is 20.8 Å². The third kappa shape index (κ3) is 2.44. The lowest BCUT2D eigenvalue weighted by atomic mass is 10.5. The largest absolute Gasteiger partial charge is 0.354 e. The Bertz CT molecular complexity index is 536.